The van der Waals surface area contributed by atoms with Crippen molar-refractivity contribution in [2.24, 2.45) is 0 Å². The van der Waals surface area contributed by atoms with Gasteiger partial charge >= 0.3 is 6.18 Å². The van der Waals surface area contributed by atoms with Crippen LogP contribution < -0.4 is 10.0 Å². The maximum absolute atomic E-state index is 14.3. The van der Waals surface area contributed by atoms with Gasteiger partial charge in [0.15, 0.2) is 6.79 Å². The molecule has 0 aromatic heterocycles. The van der Waals surface area contributed by atoms with Crippen LogP contribution in [0.3, 0.4) is 0 Å². The van der Waals surface area contributed by atoms with Crippen LogP contribution in [0.15, 0.2) is 30.3 Å². The molecule has 6 heteroatoms. The van der Waals surface area contributed by atoms with E-state index in [2.05, 4.69) is 67.5 Å². The third-order valence-electron chi connectivity index (χ3n) is 7.26. The number of halogens is 3. The highest BCUT2D eigenvalue weighted by atomic mass is 31.1. The molecule has 0 aliphatic carbocycles. The lowest BCUT2D eigenvalue weighted by atomic mass is 9.76. The standard InChI is InChI=1S/C32H48F3O2P/c1-11-13-14-17-31(12-2,38-27-16-15-22(3)18-24(27)32(33,34)35)26-20-23(29(4,5)6)19-25(30(7,8)9)28(26)37-21-36-10/h15-16,18-20,38H,11-14,17,21H2,1-10H3. The number of unbranched alkanes of at least 4 members (excludes halogenated alkanes) is 2. The molecule has 0 radical (unpaired) electrons. The quantitative estimate of drug-likeness (QED) is 0.157. The Kier molecular flexibility index (Phi) is 10.9. The first kappa shape index (κ1) is 32.6. The molecule has 0 heterocycles. The summed E-state index contributed by atoms with van der Waals surface area (Å²) < 4.78 is 54.5. The monoisotopic (exact) mass is 552 g/mol. The first-order valence-electron chi connectivity index (χ1n) is 13.8. The topological polar surface area (TPSA) is 18.5 Å². The Balaban J connectivity index is 2.97. The lowest BCUT2D eigenvalue weighted by Gasteiger charge is -2.39. The molecule has 2 nitrogen and oxygen atoms in total. The third kappa shape index (κ3) is 7.98. The van der Waals surface area contributed by atoms with Crippen molar-refractivity contribution >= 4 is 13.9 Å². The van der Waals surface area contributed by atoms with Crippen LogP contribution in [-0.4, -0.2) is 13.9 Å². The molecule has 0 spiro atoms. The minimum Gasteiger partial charge on any atom is -0.467 e. The Morgan fingerprint density at radius 3 is 1.95 bits per heavy atom. The fraction of sp³-hybridized carbons (Fsp3) is 0.625. The predicted octanol–water partition coefficient (Wildman–Crippen LogP) is 9.78. The van der Waals surface area contributed by atoms with Crippen LogP contribution in [0.25, 0.3) is 0 Å². The molecule has 0 amide bonds. The number of benzene rings is 2. The molecule has 0 aliphatic heterocycles. The van der Waals surface area contributed by atoms with Gasteiger partial charge in [-0.1, -0.05) is 113 Å². The van der Waals surface area contributed by atoms with Gasteiger partial charge in [-0.2, -0.15) is 13.2 Å². The fourth-order valence-electron chi connectivity index (χ4n) is 4.90. The highest BCUT2D eigenvalue weighted by Crippen LogP contribution is 2.55. The first-order valence-corrected chi connectivity index (χ1v) is 14.8. The van der Waals surface area contributed by atoms with Gasteiger partial charge in [-0.15, -0.1) is 0 Å². The second-order valence-electron chi connectivity index (χ2n) is 12.5. The zero-order valence-corrected chi connectivity index (χ0v) is 26.1. The van der Waals surface area contributed by atoms with Crippen LogP contribution >= 0.6 is 8.58 Å². The van der Waals surface area contributed by atoms with Crippen molar-refractivity contribution in [2.45, 2.75) is 117 Å². The predicted molar refractivity (Wildman–Crippen MR) is 157 cm³/mol. The number of hydrogen-bond acceptors (Lipinski definition) is 2. The zero-order valence-electron chi connectivity index (χ0n) is 25.1. The molecule has 0 fully saturated rings. The van der Waals surface area contributed by atoms with Crippen LogP contribution in [0.1, 0.15) is 115 Å². The molecule has 0 aliphatic rings. The SMILES string of the molecule is CCCCCC(CC)(Pc1ccc(C)cc1C(F)(F)F)c1cc(C(C)(C)C)cc(C(C)(C)C)c1OCOC. The summed E-state index contributed by atoms with van der Waals surface area (Å²) in [5.41, 5.74) is 2.97. The summed E-state index contributed by atoms with van der Waals surface area (Å²) in [6.07, 6.45) is 0.118. The van der Waals surface area contributed by atoms with Gasteiger partial charge in [0.2, 0.25) is 0 Å². The van der Waals surface area contributed by atoms with Crippen LogP contribution in [0.4, 0.5) is 13.2 Å². The van der Waals surface area contributed by atoms with E-state index in [-0.39, 0.29) is 26.2 Å². The maximum atomic E-state index is 14.3. The Morgan fingerprint density at radius 1 is 0.816 bits per heavy atom. The molecule has 0 saturated heterocycles. The first-order chi connectivity index (χ1) is 17.5. The van der Waals surface area contributed by atoms with E-state index in [4.69, 9.17) is 9.47 Å². The normalized spacial score (nSPS) is 14.8. The molecule has 2 rings (SSSR count). The summed E-state index contributed by atoms with van der Waals surface area (Å²) in [7, 11) is 1.54. The van der Waals surface area contributed by atoms with Gasteiger partial charge in [-0.25, -0.2) is 0 Å². The molecular weight excluding hydrogens is 504 g/mol. The van der Waals surface area contributed by atoms with E-state index in [0.29, 0.717) is 17.3 Å². The molecule has 2 unspecified atom stereocenters. The average Bonchev–Trinajstić information content (AvgIpc) is 2.80. The number of hydrogen-bond donors (Lipinski definition) is 0. The Labute approximate surface area is 230 Å². The molecular formula is C32H48F3O2P. The van der Waals surface area contributed by atoms with Crippen molar-refractivity contribution < 1.29 is 22.6 Å². The van der Waals surface area contributed by atoms with Crippen LogP contribution in [0.5, 0.6) is 5.75 Å². The second kappa shape index (κ2) is 12.7. The lowest BCUT2D eigenvalue weighted by molar-refractivity contribution is -0.136. The molecule has 38 heavy (non-hydrogen) atoms. The largest absolute Gasteiger partial charge is 0.467 e. The molecule has 2 aromatic rings. The minimum absolute atomic E-state index is 0.0565. The van der Waals surface area contributed by atoms with Gasteiger partial charge in [0.25, 0.3) is 0 Å². The average molecular weight is 553 g/mol. The summed E-state index contributed by atoms with van der Waals surface area (Å²) >= 11 is 0. The molecule has 0 bridgehead atoms. The molecule has 2 atom stereocenters. The van der Waals surface area contributed by atoms with Crippen LogP contribution in [0.2, 0.25) is 0 Å². The summed E-state index contributed by atoms with van der Waals surface area (Å²) in [5, 5.41) is -0.132. The minimum atomic E-state index is -4.41. The van der Waals surface area contributed by atoms with Crippen molar-refractivity contribution in [3.8, 4) is 5.75 Å². The van der Waals surface area contributed by atoms with E-state index < -0.39 is 16.9 Å². The number of aryl methyl sites for hydroxylation is 1. The van der Waals surface area contributed by atoms with Crippen LogP contribution in [0, 0.1) is 6.92 Å². The second-order valence-corrected chi connectivity index (χ2v) is 14.3. The van der Waals surface area contributed by atoms with E-state index in [1.165, 1.54) is 11.6 Å². The Hall–Kier alpha value is -1.58. The zero-order chi connectivity index (χ0) is 28.9. The summed E-state index contributed by atoms with van der Waals surface area (Å²) in [5.74, 6) is 0.763. The van der Waals surface area contributed by atoms with E-state index >= 15 is 0 Å². The van der Waals surface area contributed by atoms with Crippen molar-refractivity contribution in [3.05, 3.63) is 58.1 Å². The molecule has 0 saturated carbocycles. The highest BCUT2D eigenvalue weighted by molar-refractivity contribution is 7.48. The fourth-order valence-corrected chi connectivity index (χ4v) is 6.73. The Bertz CT molecular complexity index is 1060. The summed E-state index contributed by atoms with van der Waals surface area (Å²) in [6, 6.07) is 9.22. The number of ether oxygens (including phenoxy) is 2. The Morgan fingerprint density at radius 2 is 1.45 bits per heavy atom. The van der Waals surface area contributed by atoms with Gasteiger partial charge in [-0.05, 0) is 47.5 Å². The van der Waals surface area contributed by atoms with E-state index in [0.717, 1.165) is 42.6 Å². The van der Waals surface area contributed by atoms with Gasteiger partial charge in [0.05, 0.1) is 5.56 Å². The maximum Gasteiger partial charge on any atom is 0.417 e. The van der Waals surface area contributed by atoms with Crippen molar-refractivity contribution in [1.82, 2.24) is 0 Å². The van der Waals surface area contributed by atoms with Crippen molar-refractivity contribution in [1.29, 1.82) is 0 Å². The number of alkyl halides is 3. The third-order valence-corrected chi connectivity index (χ3v) is 9.32. The van der Waals surface area contributed by atoms with E-state index in [1.807, 2.05) is 0 Å². The lowest BCUT2D eigenvalue weighted by Crippen LogP contribution is -2.29. The highest BCUT2D eigenvalue weighted by Gasteiger charge is 2.40. The van der Waals surface area contributed by atoms with E-state index in [1.54, 1.807) is 26.2 Å². The van der Waals surface area contributed by atoms with Gasteiger partial charge in [0.1, 0.15) is 5.75 Å². The van der Waals surface area contributed by atoms with Crippen LogP contribution in [-0.2, 0) is 26.9 Å². The molecule has 2 aromatic carbocycles. The smallest absolute Gasteiger partial charge is 0.417 e. The number of rotatable bonds is 11. The van der Waals surface area contributed by atoms with Gasteiger partial charge < -0.3 is 9.47 Å². The van der Waals surface area contributed by atoms with Gasteiger partial charge in [0, 0.05) is 23.4 Å². The van der Waals surface area contributed by atoms with Gasteiger partial charge in [-0.3, -0.25) is 0 Å². The molecule has 0 N–H and O–H groups in total. The summed E-state index contributed by atoms with van der Waals surface area (Å²) in [4.78, 5) is 0. The molecule has 214 valence electrons. The summed E-state index contributed by atoms with van der Waals surface area (Å²) in [6.45, 7) is 19.1. The van der Waals surface area contributed by atoms with E-state index in [9.17, 15) is 13.2 Å². The number of methoxy groups -OCH3 is 1. The van der Waals surface area contributed by atoms with Crippen molar-refractivity contribution in [3.63, 3.8) is 0 Å². The van der Waals surface area contributed by atoms with Crippen molar-refractivity contribution in [2.75, 3.05) is 13.9 Å².